The number of aromatic nitrogens is 1. The van der Waals surface area contributed by atoms with Crippen LogP contribution in [0.3, 0.4) is 0 Å². The number of Topliss-reactive ketones (excluding diaryl/α,β-unsaturated/α-hetero) is 1. The molecular weight excluding hydrogens is 213 g/mol. The van der Waals surface area contributed by atoms with Gasteiger partial charge in [0.25, 0.3) is 0 Å². The van der Waals surface area contributed by atoms with Crippen LogP contribution in [0.4, 0.5) is 4.39 Å². The second kappa shape index (κ2) is 3.57. The van der Waals surface area contributed by atoms with Gasteiger partial charge in [0.2, 0.25) is 0 Å². The van der Waals surface area contributed by atoms with E-state index in [1.807, 2.05) is 0 Å². The van der Waals surface area contributed by atoms with Crippen LogP contribution in [0.1, 0.15) is 10.5 Å². The highest BCUT2D eigenvalue weighted by atomic mass is 79.9. The summed E-state index contributed by atoms with van der Waals surface area (Å²) in [5, 5.41) is 0.0981. The summed E-state index contributed by atoms with van der Waals surface area (Å²) in [6.45, 7) is 0. The third-order valence-corrected chi connectivity index (χ3v) is 1.65. The van der Waals surface area contributed by atoms with Crippen molar-refractivity contribution in [2.75, 3.05) is 5.33 Å². The van der Waals surface area contributed by atoms with Crippen LogP contribution >= 0.6 is 15.9 Å². The Kier molecular flexibility index (Phi) is 2.70. The Bertz CT molecular complexity index is 277. The lowest BCUT2D eigenvalue weighted by molar-refractivity contribution is 0.101. The first-order valence-corrected chi connectivity index (χ1v) is 4.07. The molecule has 4 heteroatoms. The van der Waals surface area contributed by atoms with Gasteiger partial charge in [-0.05, 0) is 12.1 Å². The number of carbonyl (C=O) groups is 1. The van der Waals surface area contributed by atoms with Crippen molar-refractivity contribution in [3.63, 3.8) is 0 Å². The van der Waals surface area contributed by atoms with E-state index in [0.717, 1.165) is 0 Å². The number of alkyl halides is 1. The fourth-order valence-electron chi connectivity index (χ4n) is 0.654. The van der Waals surface area contributed by atoms with Crippen molar-refractivity contribution < 1.29 is 9.18 Å². The number of rotatable bonds is 2. The summed E-state index contributed by atoms with van der Waals surface area (Å²) in [5.74, 6) is -0.917. The van der Waals surface area contributed by atoms with Crippen LogP contribution in [0.5, 0.6) is 0 Å². The first kappa shape index (κ1) is 8.33. The number of carbonyl (C=O) groups excluding carboxylic acids is 1. The third kappa shape index (κ3) is 1.83. The van der Waals surface area contributed by atoms with Crippen molar-refractivity contribution >= 4 is 21.7 Å². The molecule has 0 unspecified atom stereocenters. The van der Waals surface area contributed by atoms with E-state index in [2.05, 4.69) is 20.9 Å². The zero-order valence-corrected chi connectivity index (χ0v) is 7.14. The van der Waals surface area contributed by atoms with Crippen molar-refractivity contribution in [1.29, 1.82) is 0 Å². The molecule has 2 nitrogen and oxygen atoms in total. The van der Waals surface area contributed by atoms with Crippen molar-refractivity contribution in [2.24, 2.45) is 0 Å². The molecule has 0 saturated heterocycles. The average molecular weight is 218 g/mol. The molecule has 0 aliphatic heterocycles. The molecule has 1 rings (SSSR count). The lowest BCUT2D eigenvalue weighted by atomic mass is 10.3. The van der Waals surface area contributed by atoms with Crippen molar-refractivity contribution in [2.45, 2.75) is 0 Å². The van der Waals surface area contributed by atoms with Crippen molar-refractivity contribution in [1.82, 2.24) is 4.98 Å². The standard InChI is InChI=1S/C7H5BrFNO/c8-4-6(11)7-5(9)2-1-3-10-7/h1-3H,4H2. The van der Waals surface area contributed by atoms with Gasteiger partial charge in [0, 0.05) is 6.20 Å². The van der Waals surface area contributed by atoms with Crippen LogP contribution in [0, 0.1) is 5.82 Å². The van der Waals surface area contributed by atoms with Gasteiger partial charge in [0.15, 0.2) is 11.6 Å². The minimum absolute atomic E-state index is 0.0981. The van der Waals surface area contributed by atoms with E-state index in [1.165, 1.54) is 18.3 Å². The van der Waals surface area contributed by atoms with E-state index < -0.39 is 5.82 Å². The number of halogens is 2. The maximum Gasteiger partial charge on any atom is 0.194 e. The monoisotopic (exact) mass is 217 g/mol. The second-order valence-electron chi connectivity index (χ2n) is 1.89. The Morgan fingerprint density at radius 3 is 3.00 bits per heavy atom. The van der Waals surface area contributed by atoms with Gasteiger partial charge in [-0.1, -0.05) is 15.9 Å². The minimum Gasteiger partial charge on any atom is -0.291 e. The highest BCUT2D eigenvalue weighted by Crippen LogP contribution is 2.04. The maximum absolute atomic E-state index is 12.7. The SMILES string of the molecule is O=C(CBr)c1ncccc1F. The lowest BCUT2D eigenvalue weighted by Crippen LogP contribution is -2.05. The zero-order chi connectivity index (χ0) is 8.27. The topological polar surface area (TPSA) is 30.0 Å². The van der Waals surface area contributed by atoms with Gasteiger partial charge in [-0.25, -0.2) is 9.37 Å². The normalized spacial score (nSPS) is 9.64. The molecule has 0 bridgehead atoms. The summed E-state index contributed by atoms with van der Waals surface area (Å²) in [6.07, 6.45) is 1.39. The van der Waals surface area contributed by atoms with Crippen LogP contribution in [0.15, 0.2) is 18.3 Å². The van der Waals surface area contributed by atoms with Crippen molar-refractivity contribution in [3.8, 4) is 0 Å². The Labute approximate surface area is 71.6 Å². The zero-order valence-electron chi connectivity index (χ0n) is 5.55. The van der Waals surface area contributed by atoms with Gasteiger partial charge in [-0.3, -0.25) is 4.79 Å². The second-order valence-corrected chi connectivity index (χ2v) is 2.45. The Morgan fingerprint density at radius 2 is 2.45 bits per heavy atom. The number of hydrogen-bond acceptors (Lipinski definition) is 2. The van der Waals surface area contributed by atoms with Gasteiger partial charge in [-0.2, -0.15) is 0 Å². The summed E-state index contributed by atoms with van der Waals surface area (Å²) in [6, 6.07) is 2.66. The Hall–Kier alpha value is -0.770. The molecule has 0 aromatic carbocycles. The van der Waals surface area contributed by atoms with Crippen LogP contribution in [0.25, 0.3) is 0 Å². The van der Waals surface area contributed by atoms with Gasteiger partial charge in [0.1, 0.15) is 5.69 Å². The lowest BCUT2D eigenvalue weighted by Gasteiger charge is -1.95. The molecule has 0 amide bonds. The molecule has 0 aliphatic carbocycles. The Balaban J connectivity index is 3.03. The number of ketones is 1. The molecule has 0 radical (unpaired) electrons. The minimum atomic E-state index is -0.572. The third-order valence-electron chi connectivity index (χ3n) is 1.14. The van der Waals surface area contributed by atoms with Gasteiger partial charge in [0.05, 0.1) is 5.33 Å². The maximum atomic E-state index is 12.7. The van der Waals surface area contributed by atoms with Crippen LogP contribution < -0.4 is 0 Å². The van der Waals surface area contributed by atoms with E-state index in [4.69, 9.17) is 0 Å². The first-order chi connectivity index (χ1) is 5.25. The molecule has 1 heterocycles. The summed E-state index contributed by atoms with van der Waals surface area (Å²) in [4.78, 5) is 14.5. The summed E-state index contributed by atoms with van der Waals surface area (Å²) < 4.78 is 12.7. The molecule has 58 valence electrons. The quantitative estimate of drug-likeness (QED) is 0.559. The largest absolute Gasteiger partial charge is 0.291 e. The molecule has 0 N–H and O–H groups in total. The molecule has 11 heavy (non-hydrogen) atoms. The summed E-state index contributed by atoms with van der Waals surface area (Å²) >= 11 is 2.93. The summed E-state index contributed by atoms with van der Waals surface area (Å²) in [7, 11) is 0. The smallest absolute Gasteiger partial charge is 0.194 e. The van der Waals surface area contributed by atoms with E-state index in [1.54, 1.807) is 0 Å². The fourth-order valence-corrected chi connectivity index (χ4v) is 0.920. The van der Waals surface area contributed by atoms with Gasteiger partial charge in [-0.15, -0.1) is 0 Å². The van der Waals surface area contributed by atoms with E-state index in [-0.39, 0.29) is 16.8 Å². The van der Waals surface area contributed by atoms with E-state index in [0.29, 0.717) is 0 Å². The molecule has 0 spiro atoms. The summed E-state index contributed by atoms with van der Waals surface area (Å²) in [5.41, 5.74) is -0.107. The van der Waals surface area contributed by atoms with Crippen molar-refractivity contribution in [3.05, 3.63) is 29.8 Å². The van der Waals surface area contributed by atoms with Gasteiger partial charge < -0.3 is 0 Å². The number of nitrogens with zero attached hydrogens (tertiary/aromatic N) is 1. The van der Waals surface area contributed by atoms with E-state index in [9.17, 15) is 9.18 Å². The molecular formula is C7H5BrFNO. The number of pyridine rings is 1. The van der Waals surface area contributed by atoms with Crippen LogP contribution in [0.2, 0.25) is 0 Å². The highest BCUT2D eigenvalue weighted by Gasteiger charge is 2.09. The average Bonchev–Trinajstić information content (AvgIpc) is 2.04. The van der Waals surface area contributed by atoms with Crippen LogP contribution in [-0.2, 0) is 0 Å². The molecule has 0 atom stereocenters. The van der Waals surface area contributed by atoms with Gasteiger partial charge >= 0.3 is 0 Å². The van der Waals surface area contributed by atoms with E-state index >= 15 is 0 Å². The predicted octanol–water partition coefficient (Wildman–Crippen LogP) is 1.80. The van der Waals surface area contributed by atoms with Crippen LogP contribution in [-0.4, -0.2) is 16.1 Å². The molecule has 1 aromatic rings. The Morgan fingerprint density at radius 1 is 1.73 bits per heavy atom. The molecule has 0 fully saturated rings. The predicted molar refractivity (Wildman–Crippen MR) is 42.3 cm³/mol. The molecule has 0 saturated carbocycles. The highest BCUT2D eigenvalue weighted by molar-refractivity contribution is 9.09. The molecule has 1 aromatic heterocycles. The fraction of sp³-hybridized carbons (Fsp3) is 0.143. The molecule has 0 aliphatic rings. The number of hydrogen-bond donors (Lipinski definition) is 0. The first-order valence-electron chi connectivity index (χ1n) is 2.95.